The van der Waals surface area contributed by atoms with Gasteiger partial charge in [0.2, 0.25) is 0 Å². The molecule has 0 aromatic heterocycles. The maximum Gasteiger partial charge on any atom is 0.373 e. The van der Waals surface area contributed by atoms with E-state index in [2.05, 4.69) is 4.67 Å². The summed E-state index contributed by atoms with van der Waals surface area (Å²) in [6.07, 6.45) is 0. The molecule has 0 aromatic carbocycles. The lowest BCUT2D eigenvalue weighted by molar-refractivity contribution is -0.141. The van der Waals surface area contributed by atoms with Crippen LogP contribution in [-0.4, -0.2) is 5.26 Å². The summed E-state index contributed by atoms with van der Waals surface area (Å²) < 4.78 is 11.7. The van der Waals surface area contributed by atoms with Gasteiger partial charge in [-0.15, -0.1) is 4.89 Å². The molecule has 1 radical (unpaired) electrons. The van der Waals surface area contributed by atoms with Crippen LogP contribution < -0.4 is 0 Å². The number of hydrogen-bond donors (Lipinski definition) is 1. The fourth-order valence-electron chi connectivity index (χ4n) is 0. The van der Waals surface area contributed by atoms with Crippen molar-refractivity contribution in [3.8, 4) is 0 Å². The molecule has 0 aromatic rings. The van der Waals surface area contributed by atoms with Gasteiger partial charge in [-0.2, -0.15) is 4.67 Å². The molecule has 0 bridgehead atoms. The molecule has 0 aliphatic rings. The second kappa shape index (κ2) is 2.35. The van der Waals surface area contributed by atoms with E-state index >= 15 is 0 Å². The summed E-state index contributed by atoms with van der Waals surface area (Å²) in [4.78, 5) is 8.97. The quantitative estimate of drug-likeness (QED) is 0.290. The SMILES string of the molecule is [O][PH](=O)OO. The second-order valence-electron chi connectivity index (χ2n) is 0.341. The topological polar surface area (TPSA) is 66.4 Å². The van der Waals surface area contributed by atoms with Gasteiger partial charge in [0.05, 0.1) is 0 Å². The van der Waals surface area contributed by atoms with Crippen molar-refractivity contribution in [1.29, 1.82) is 0 Å². The van der Waals surface area contributed by atoms with Crippen LogP contribution in [0.15, 0.2) is 0 Å². The van der Waals surface area contributed by atoms with Crippen LogP contribution in [0.25, 0.3) is 0 Å². The fraction of sp³-hybridized carbons (Fsp3) is 0. The van der Waals surface area contributed by atoms with Gasteiger partial charge in [0, 0.05) is 0 Å². The predicted octanol–water partition coefficient (Wildman–Crippen LogP) is 0.296. The average molecular weight is 97.0 g/mol. The Bertz CT molecular complexity index is 38.9. The second-order valence-corrected chi connectivity index (χ2v) is 1.02. The Hall–Kier alpha value is 0.110. The lowest BCUT2D eigenvalue weighted by atomic mass is 15.0. The summed E-state index contributed by atoms with van der Waals surface area (Å²) in [5.74, 6) is 0. The van der Waals surface area contributed by atoms with Crippen molar-refractivity contribution in [3.05, 3.63) is 0 Å². The molecule has 0 spiro atoms. The molecule has 1 N–H and O–H groups in total. The van der Waals surface area contributed by atoms with E-state index in [1.54, 1.807) is 0 Å². The standard InChI is InChI=1S/H2O4P/c1-4-5(2)3/h1,5H. The number of rotatable bonds is 1. The summed E-state index contributed by atoms with van der Waals surface area (Å²) in [7, 11) is -3.32. The first kappa shape index (κ1) is 5.11. The molecular formula is H2O4P. The van der Waals surface area contributed by atoms with Crippen molar-refractivity contribution >= 4 is 8.25 Å². The van der Waals surface area contributed by atoms with Gasteiger partial charge in [-0.25, -0.2) is 5.26 Å². The molecule has 0 saturated heterocycles. The maximum absolute atomic E-state index is 8.97. The average Bonchev–Trinajstić information content (AvgIpc) is 1.38. The van der Waals surface area contributed by atoms with Crippen molar-refractivity contribution in [1.82, 2.24) is 0 Å². The van der Waals surface area contributed by atoms with Crippen molar-refractivity contribution < 1.29 is 19.4 Å². The highest BCUT2D eigenvalue weighted by molar-refractivity contribution is 7.31. The Morgan fingerprint density at radius 1 is 1.80 bits per heavy atom. The molecule has 0 aliphatic carbocycles. The summed E-state index contributed by atoms with van der Waals surface area (Å²) in [5.41, 5.74) is 0. The molecule has 5 heavy (non-hydrogen) atoms. The molecule has 1 unspecified atom stereocenters. The molecule has 0 aliphatic heterocycles. The highest BCUT2D eigenvalue weighted by Gasteiger charge is 1.81. The van der Waals surface area contributed by atoms with Crippen LogP contribution in [0, 0.1) is 0 Å². The van der Waals surface area contributed by atoms with Crippen molar-refractivity contribution in [2.45, 2.75) is 0 Å². The van der Waals surface area contributed by atoms with Crippen molar-refractivity contribution in [2.75, 3.05) is 0 Å². The van der Waals surface area contributed by atoms with Crippen LogP contribution in [0.1, 0.15) is 0 Å². The van der Waals surface area contributed by atoms with E-state index in [0.29, 0.717) is 0 Å². The Kier molecular flexibility index (Phi) is 2.41. The zero-order valence-corrected chi connectivity index (χ0v) is 3.17. The lowest BCUT2D eigenvalue weighted by Gasteiger charge is -1.72. The molecule has 5 heteroatoms. The van der Waals surface area contributed by atoms with E-state index in [0.717, 1.165) is 0 Å². The molecule has 0 heterocycles. The normalized spacial score (nSPS) is 14.8. The number of hydrogen-bond acceptors (Lipinski definition) is 3. The zero-order valence-electron chi connectivity index (χ0n) is 2.17. The first-order chi connectivity index (χ1) is 2.27. The van der Waals surface area contributed by atoms with Gasteiger partial charge in [0.15, 0.2) is 0 Å². The molecule has 31 valence electrons. The third kappa shape index (κ3) is 4.11. The Morgan fingerprint density at radius 2 is 2.00 bits per heavy atom. The van der Waals surface area contributed by atoms with Crippen LogP contribution >= 0.6 is 8.25 Å². The van der Waals surface area contributed by atoms with E-state index in [1.165, 1.54) is 0 Å². The van der Waals surface area contributed by atoms with Crippen molar-refractivity contribution in [2.24, 2.45) is 0 Å². The van der Waals surface area contributed by atoms with Gasteiger partial charge in [0.1, 0.15) is 0 Å². The predicted molar refractivity (Wildman–Crippen MR) is 13.4 cm³/mol. The van der Waals surface area contributed by atoms with E-state index in [4.69, 9.17) is 14.7 Å². The monoisotopic (exact) mass is 97.0 g/mol. The summed E-state index contributed by atoms with van der Waals surface area (Å²) in [6.45, 7) is 0. The first-order valence-electron chi connectivity index (χ1n) is 0.795. The Labute approximate surface area is 28.9 Å². The van der Waals surface area contributed by atoms with Crippen LogP contribution in [0.2, 0.25) is 0 Å². The van der Waals surface area contributed by atoms with Crippen LogP contribution in [0.4, 0.5) is 0 Å². The van der Waals surface area contributed by atoms with Crippen LogP contribution in [-0.2, 0) is 14.1 Å². The van der Waals surface area contributed by atoms with E-state index < -0.39 is 8.25 Å². The molecule has 1 atom stereocenters. The van der Waals surface area contributed by atoms with E-state index in [1.807, 2.05) is 0 Å². The Balaban J connectivity index is 2.85. The van der Waals surface area contributed by atoms with Gasteiger partial charge in [-0.3, -0.25) is 4.57 Å². The van der Waals surface area contributed by atoms with E-state index in [9.17, 15) is 0 Å². The molecule has 0 saturated carbocycles. The molecular weight excluding hydrogens is 95.0 g/mol. The summed E-state index contributed by atoms with van der Waals surface area (Å²) in [6, 6.07) is 0. The molecule has 0 amide bonds. The van der Waals surface area contributed by atoms with Crippen LogP contribution in [0.5, 0.6) is 0 Å². The molecule has 4 nitrogen and oxygen atoms in total. The van der Waals surface area contributed by atoms with Gasteiger partial charge in [0.25, 0.3) is 0 Å². The Morgan fingerprint density at radius 3 is 2.00 bits per heavy atom. The van der Waals surface area contributed by atoms with Crippen molar-refractivity contribution in [3.63, 3.8) is 0 Å². The third-order valence-corrected chi connectivity index (χ3v) is 0.224. The highest BCUT2D eigenvalue weighted by Crippen LogP contribution is 2.11. The molecule has 0 fully saturated rings. The third-order valence-electron chi connectivity index (χ3n) is 0.0745. The maximum atomic E-state index is 8.97. The minimum atomic E-state index is -3.32. The van der Waals surface area contributed by atoms with Gasteiger partial charge < -0.3 is 0 Å². The smallest absolute Gasteiger partial charge is 0.259 e. The largest absolute Gasteiger partial charge is 0.373 e. The fourth-order valence-corrected chi connectivity index (χ4v) is 0. The van der Waals surface area contributed by atoms with Gasteiger partial charge in [-0.1, -0.05) is 0 Å². The lowest BCUT2D eigenvalue weighted by Crippen LogP contribution is -1.57. The summed E-state index contributed by atoms with van der Waals surface area (Å²) >= 11 is 0. The molecule has 0 rings (SSSR count). The summed E-state index contributed by atoms with van der Waals surface area (Å²) in [5, 5.41) is 7.06. The zero-order chi connectivity index (χ0) is 4.28. The minimum absolute atomic E-state index is 2.74. The minimum Gasteiger partial charge on any atom is -0.259 e. The van der Waals surface area contributed by atoms with Gasteiger partial charge in [-0.05, 0) is 0 Å². The van der Waals surface area contributed by atoms with E-state index in [-0.39, 0.29) is 0 Å². The highest BCUT2D eigenvalue weighted by atomic mass is 31.1. The first-order valence-corrected chi connectivity index (χ1v) is 2.02. The van der Waals surface area contributed by atoms with Gasteiger partial charge >= 0.3 is 8.25 Å². The van der Waals surface area contributed by atoms with Crippen LogP contribution in [0.3, 0.4) is 0 Å².